The van der Waals surface area contributed by atoms with E-state index in [0.29, 0.717) is 11.3 Å². The summed E-state index contributed by atoms with van der Waals surface area (Å²) in [6, 6.07) is 26.0. The highest BCUT2D eigenvalue weighted by molar-refractivity contribution is 6.39. The summed E-state index contributed by atoms with van der Waals surface area (Å²) in [5, 5.41) is 8.25. The van der Waals surface area contributed by atoms with Crippen LogP contribution in [0.15, 0.2) is 96.1 Å². The number of hydrazone groups is 1. The third-order valence-corrected chi connectivity index (χ3v) is 5.15. The van der Waals surface area contributed by atoms with E-state index in [1.54, 1.807) is 66.7 Å². The largest absolute Gasteiger partial charge is 0.422 e. The first kappa shape index (κ1) is 22.7. The van der Waals surface area contributed by atoms with Crippen LogP contribution in [-0.2, 0) is 9.59 Å². The molecule has 4 aromatic carbocycles. The molecule has 4 rings (SSSR count). The van der Waals surface area contributed by atoms with Crippen molar-refractivity contribution in [2.24, 2.45) is 5.10 Å². The molecule has 0 aliphatic rings. The van der Waals surface area contributed by atoms with E-state index in [1.165, 1.54) is 6.21 Å². The molecule has 8 heteroatoms. The summed E-state index contributed by atoms with van der Waals surface area (Å²) in [7, 11) is 0. The number of hydrogen-bond donors (Lipinski definition) is 2. The van der Waals surface area contributed by atoms with Crippen molar-refractivity contribution in [2.75, 3.05) is 5.32 Å². The molecule has 0 saturated carbocycles. The monoisotopic (exact) mass is 471 g/mol. The maximum absolute atomic E-state index is 12.7. The van der Waals surface area contributed by atoms with Gasteiger partial charge in [-0.05, 0) is 41.1 Å². The maximum atomic E-state index is 12.7. The minimum absolute atomic E-state index is 0.214. The van der Waals surface area contributed by atoms with Crippen LogP contribution in [0.5, 0.6) is 5.75 Å². The molecule has 168 valence electrons. The summed E-state index contributed by atoms with van der Waals surface area (Å²) in [6.45, 7) is 0. The van der Waals surface area contributed by atoms with Gasteiger partial charge in [-0.2, -0.15) is 5.10 Å². The molecule has 2 amide bonds. The van der Waals surface area contributed by atoms with Gasteiger partial charge in [-0.1, -0.05) is 72.3 Å². The first-order valence-corrected chi connectivity index (χ1v) is 10.6. The zero-order chi connectivity index (χ0) is 23.9. The SMILES string of the molecule is O=C(N/N=C\c1c(OC(=O)c2ccccc2Cl)ccc2ccccc12)C(=O)Nc1ccccc1. The Morgan fingerprint density at radius 2 is 1.50 bits per heavy atom. The zero-order valence-corrected chi connectivity index (χ0v) is 18.5. The van der Waals surface area contributed by atoms with Gasteiger partial charge in [0.1, 0.15) is 5.75 Å². The second-order valence-corrected chi connectivity index (χ2v) is 7.49. The lowest BCUT2D eigenvalue weighted by Gasteiger charge is -2.11. The van der Waals surface area contributed by atoms with Gasteiger partial charge < -0.3 is 10.1 Å². The molecule has 0 saturated heterocycles. The highest BCUT2D eigenvalue weighted by atomic mass is 35.5. The molecule has 0 aliphatic carbocycles. The number of nitrogens with zero attached hydrogens (tertiary/aromatic N) is 1. The van der Waals surface area contributed by atoms with E-state index in [4.69, 9.17) is 16.3 Å². The van der Waals surface area contributed by atoms with Gasteiger partial charge in [-0.15, -0.1) is 0 Å². The Hall–Kier alpha value is -4.49. The van der Waals surface area contributed by atoms with Crippen molar-refractivity contribution in [1.82, 2.24) is 5.43 Å². The van der Waals surface area contributed by atoms with Gasteiger partial charge in [-0.3, -0.25) is 9.59 Å². The number of rotatable bonds is 5. The number of carbonyl (C=O) groups excluding carboxylic acids is 3. The van der Waals surface area contributed by atoms with Crippen LogP contribution < -0.4 is 15.5 Å². The Balaban J connectivity index is 1.56. The number of para-hydroxylation sites is 1. The molecular weight excluding hydrogens is 454 g/mol. The Labute approximate surface area is 200 Å². The molecule has 0 bridgehead atoms. The van der Waals surface area contributed by atoms with Gasteiger partial charge in [0.2, 0.25) is 0 Å². The van der Waals surface area contributed by atoms with Gasteiger partial charge in [-0.25, -0.2) is 10.2 Å². The second-order valence-electron chi connectivity index (χ2n) is 7.09. The lowest BCUT2D eigenvalue weighted by Crippen LogP contribution is -2.32. The van der Waals surface area contributed by atoms with Crippen molar-refractivity contribution in [3.8, 4) is 5.75 Å². The quantitative estimate of drug-likeness (QED) is 0.144. The van der Waals surface area contributed by atoms with E-state index in [2.05, 4.69) is 15.8 Å². The normalized spacial score (nSPS) is 10.7. The number of esters is 1. The maximum Gasteiger partial charge on any atom is 0.345 e. The third-order valence-electron chi connectivity index (χ3n) is 4.82. The van der Waals surface area contributed by atoms with Crippen LogP contribution >= 0.6 is 11.6 Å². The Kier molecular flexibility index (Phi) is 6.95. The van der Waals surface area contributed by atoms with Crippen LogP contribution in [0.1, 0.15) is 15.9 Å². The van der Waals surface area contributed by atoms with Gasteiger partial charge in [0.05, 0.1) is 16.8 Å². The standard InChI is InChI=1S/C26H18ClN3O4/c27-22-13-7-6-12-20(22)26(33)34-23-15-14-17-8-4-5-11-19(17)21(23)16-28-30-25(32)24(31)29-18-9-2-1-3-10-18/h1-16H,(H,29,31)(H,30,32)/b28-16-. The summed E-state index contributed by atoms with van der Waals surface area (Å²) >= 11 is 6.11. The second kappa shape index (κ2) is 10.4. The molecule has 0 atom stereocenters. The number of benzene rings is 4. The number of fused-ring (bicyclic) bond motifs is 1. The summed E-state index contributed by atoms with van der Waals surface area (Å²) in [6.07, 6.45) is 1.32. The van der Waals surface area contributed by atoms with Gasteiger partial charge >= 0.3 is 17.8 Å². The zero-order valence-electron chi connectivity index (χ0n) is 17.7. The van der Waals surface area contributed by atoms with Crippen LogP contribution in [0.4, 0.5) is 5.69 Å². The number of anilines is 1. The summed E-state index contributed by atoms with van der Waals surface area (Å²) in [4.78, 5) is 36.9. The van der Waals surface area contributed by atoms with Gasteiger partial charge in [0.15, 0.2) is 0 Å². The molecule has 2 N–H and O–H groups in total. The third kappa shape index (κ3) is 5.28. The number of ether oxygens (including phenoxy) is 1. The van der Waals surface area contributed by atoms with Crippen LogP contribution in [0, 0.1) is 0 Å². The molecule has 4 aromatic rings. The van der Waals surface area contributed by atoms with Crippen LogP contribution in [-0.4, -0.2) is 24.0 Å². The number of nitrogens with one attached hydrogen (secondary N) is 2. The molecule has 0 heterocycles. The Morgan fingerprint density at radius 3 is 2.29 bits per heavy atom. The summed E-state index contributed by atoms with van der Waals surface area (Å²) < 4.78 is 5.60. The number of carbonyl (C=O) groups is 3. The Morgan fingerprint density at radius 1 is 0.794 bits per heavy atom. The molecule has 0 spiro atoms. The smallest absolute Gasteiger partial charge is 0.345 e. The minimum atomic E-state index is -0.949. The van der Waals surface area contributed by atoms with E-state index >= 15 is 0 Å². The van der Waals surface area contributed by atoms with E-state index in [1.807, 2.05) is 24.3 Å². The molecule has 0 aromatic heterocycles. The lowest BCUT2D eigenvalue weighted by molar-refractivity contribution is -0.136. The van der Waals surface area contributed by atoms with E-state index in [-0.39, 0.29) is 16.3 Å². The van der Waals surface area contributed by atoms with Crippen LogP contribution in [0.2, 0.25) is 5.02 Å². The molecule has 34 heavy (non-hydrogen) atoms. The number of halogens is 1. The fourth-order valence-corrected chi connectivity index (χ4v) is 3.41. The highest BCUT2D eigenvalue weighted by Crippen LogP contribution is 2.28. The molecule has 0 fully saturated rings. The van der Waals surface area contributed by atoms with Gasteiger partial charge in [0, 0.05) is 11.3 Å². The summed E-state index contributed by atoms with van der Waals surface area (Å²) in [5.41, 5.74) is 3.34. The molecule has 0 aliphatic heterocycles. The van der Waals surface area contributed by atoms with Crippen molar-refractivity contribution in [2.45, 2.75) is 0 Å². The topological polar surface area (TPSA) is 96.9 Å². The average Bonchev–Trinajstić information content (AvgIpc) is 2.85. The fraction of sp³-hybridized carbons (Fsp3) is 0. The van der Waals surface area contributed by atoms with Crippen LogP contribution in [0.3, 0.4) is 0 Å². The van der Waals surface area contributed by atoms with Gasteiger partial charge in [0.25, 0.3) is 0 Å². The number of amides is 2. The number of hydrogen-bond acceptors (Lipinski definition) is 5. The van der Waals surface area contributed by atoms with Crippen molar-refractivity contribution in [1.29, 1.82) is 0 Å². The Bertz CT molecular complexity index is 1400. The molecular formula is C26H18ClN3O4. The van der Waals surface area contributed by atoms with E-state index < -0.39 is 17.8 Å². The first-order valence-electron chi connectivity index (χ1n) is 10.2. The van der Waals surface area contributed by atoms with Crippen molar-refractivity contribution < 1.29 is 19.1 Å². The predicted molar refractivity (Wildman–Crippen MR) is 131 cm³/mol. The van der Waals surface area contributed by atoms with E-state index in [0.717, 1.165) is 10.8 Å². The van der Waals surface area contributed by atoms with Crippen molar-refractivity contribution in [3.63, 3.8) is 0 Å². The fourth-order valence-electron chi connectivity index (χ4n) is 3.19. The first-order chi connectivity index (χ1) is 16.5. The van der Waals surface area contributed by atoms with Crippen molar-refractivity contribution >= 4 is 52.1 Å². The lowest BCUT2D eigenvalue weighted by atomic mass is 10.0. The summed E-state index contributed by atoms with van der Waals surface area (Å²) in [5.74, 6) is -2.24. The highest BCUT2D eigenvalue weighted by Gasteiger charge is 2.16. The minimum Gasteiger partial charge on any atom is -0.422 e. The molecule has 7 nitrogen and oxygen atoms in total. The van der Waals surface area contributed by atoms with Crippen LogP contribution in [0.25, 0.3) is 10.8 Å². The van der Waals surface area contributed by atoms with Crippen molar-refractivity contribution in [3.05, 3.63) is 107 Å². The predicted octanol–water partition coefficient (Wildman–Crippen LogP) is 4.80. The van der Waals surface area contributed by atoms with E-state index in [9.17, 15) is 14.4 Å². The molecule has 0 radical (unpaired) electrons. The molecule has 0 unspecified atom stereocenters. The average molecular weight is 472 g/mol.